The summed E-state index contributed by atoms with van der Waals surface area (Å²) in [6.07, 6.45) is 0. The molecular weight excluding hydrogens is 202 g/mol. The third-order valence-electron chi connectivity index (χ3n) is 0. The quantitative estimate of drug-likeness (QED) is 0.445. The Balaban J connectivity index is 0. The summed E-state index contributed by atoms with van der Waals surface area (Å²) in [6, 6.07) is 0. The minimum Gasteiger partial charge on any atom is -2.00 e. The maximum absolute atomic E-state index is 0. The molecule has 0 aliphatic carbocycles. The summed E-state index contributed by atoms with van der Waals surface area (Å²) in [5, 5.41) is 0. The van der Waals surface area contributed by atoms with Crippen molar-refractivity contribution in [3.63, 3.8) is 0 Å². The SMILES string of the molecule is [O-2].[O-2].[O-2].[O-2].[O-2].[Sb+5]. The molecule has 5 nitrogen and oxygen atoms in total. The van der Waals surface area contributed by atoms with Gasteiger partial charge in [0.05, 0.1) is 0 Å². The average molecular weight is 202 g/mol. The van der Waals surface area contributed by atoms with Crippen LogP contribution in [0.3, 0.4) is 0 Å². The van der Waals surface area contributed by atoms with Crippen molar-refractivity contribution in [3.8, 4) is 0 Å². The average Bonchev–Trinajstić information content (AvgIpc) is 0. The third kappa shape index (κ3) is 158. The number of hydrogen-bond acceptors (Lipinski definition) is 0. The van der Waals surface area contributed by atoms with Gasteiger partial charge in [-0.05, 0) is 0 Å². The molecule has 0 fully saturated rings. The summed E-state index contributed by atoms with van der Waals surface area (Å²) < 4.78 is 0. The molecule has 0 amide bonds. The fraction of sp³-hybridized carbons (Fsp3) is 0. The summed E-state index contributed by atoms with van der Waals surface area (Å²) >= 11 is 0. The zero-order valence-electron chi connectivity index (χ0n) is 2.49. The van der Waals surface area contributed by atoms with Crippen molar-refractivity contribution in [2.45, 2.75) is 0 Å². The molecule has 0 bridgehead atoms. The number of hydrogen-bond donors (Lipinski definition) is 0. The second kappa shape index (κ2) is 314. The van der Waals surface area contributed by atoms with Crippen molar-refractivity contribution < 1.29 is 27.4 Å². The topological polar surface area (TPSA) is 142 Å². The van der Waals surface area contributed by atoms with Crippen LogP contribution in [0, 0.1) is 0 Å². The maximum atomic E-state index is 0. The van der Waals surface area contributed by atoms with E-state index in [1.807, 2.05) is 0 Å². The second-order valence-electron chi connectivity index (χ2n) is 0. The van der Waals surface area contributed by atoms with Crippen LogP contribution in [0.1, 0.15) is 0 Å². The van der Waals surface area contributed by atoms with Gasteiger partial charge in [0.25, 0.3) is 0 Å². The Morgan fingerprint density at radius 3 is 0.333 bits per heavy atom. The molecule has 0 aromatic heterocycles. The van der Waals surface area contributed by atoms with Crippen LogP contribution >= 0.6 is 0 Å². The molecule has 0 unspecified atom stereocenters. The van der Waals surface area contributed by atoms with Crippen molar-refractivity contribution in [3.05, 3.63) is 0 Å². The normalized spacial score (nSPS) is 0. The van der Waals surface area contributed by atoms with Crippen LogP contribution in [-0.4, -0.2) is 24.4 Å². The smallest absolute Gasteiger partial charge is 2.00 e. The summed E-state index contributed by atoms with van der Waals surface area (Å²) in [4.78, 5) is 0. The van der Waals surface area contributed by atoms with Gasteiger partial charge >= 0.3 is 24.4 Å². The van der Waals surface area contributed by atoms with Gasteiger partial charge in [0.1, 0.15) is 0 Å². The van der Waals surface area contributed by atoms with E-state index in [4.69, 9.17) is 0 Å². The van der Waals surface area contributed by atoms with Crippen molar-refractivity contribution in [2.75, 3.05) is 0 Å². The number of rotatable bonds is 0. The van der Waals surface area contributed by atoms with Crippen LogP contribution in [0.15, 0.2) is 0 Å². The Hall–Kier alpha value is 0.618. The van der Waals surface area contributed by atoms with Gasteiger partial charge in [0, 0.05) is 0 Å². The predicted octanol–water partition coefficient (Wildman–Crippen LogP) is -0.975. The summed E-state index contributed by atoms with van der Waals surface area (Å²) in [5.74, 6) is 0. The Morgan fingerprint density at radius 1 is 0.333 bits per heavy atom. The van der Waals surface area contributed by atoms with Crippen molar-refractivity contribution in [1.29, 1.82) is 0 Å². The molecule has 0 atom stereocenters. The first-order valence-electron chi connectivity index (χ1n) is 0. The molecule has 6 heteroatoms. The molecule has 0 aromatic carbocycles. The molecule has 0 radical (unpaired) electrons. The molecule has 0 N–H and O–H groups in total. The van der Waals surface area contributed by atoms with Crippen molar-refractivity contribution in [2.24, 2.45) is 0 Å². The molecule has 40 valence electrons. The molecule has 0 saturated heterocycles. The van der Waals surface area contributed by atoms with Gasteiger partial charge in [-0.2, -0.15) is 0 Å². The zero-order chi connectivity index (χ0) is 0. The third-order valence-corrected chi connectivity index (χ3v) is 0. The van der Waals surface area contributed by atoms with E-state index in [1.54, 1.807) is 0 Å². The summed E-state index contributed by atoms with van der Waals surface area (Å²) in [6.45, 7) is 0. The molecule has 0 saturated carbocycles. The molecule has 0 heterocycles. The largest absolute Gasteiger partial charge is 5.00 e. The van der Waals surface area contributed by atoms with Crippen LogP contribution in [-0.2, 0) is 27.4 Å². The first-order valence-corrected chi connectivity index (χ1v) is 0. The Kier molecular flexibility index (Phi) is 28600. The van der Waals surface area contributed by atoms with Gasteiger partial charge in [0.15, 0.2) is 0 Å². The first-order chi connectivity index (χ1) is 0. The molecular formula is O5Sb-5. The molecule has 0 rings (SSSR count). The standard InChI is InChI=1S/5O.Sb/q5*-2;+5. The summed E-state index contributed by atoms with van der Waals surface area (Å²) in [7, 11) is 0. The molecule has 0 aliphatic heterocycles. The monoisotopic (exact) mass is 201 g/mol. The van der Waals surface area contributed by atoms with Crippen LogP contribution in [0.4, 0.5) is 0 Å². The predicted molar refractivity (Wildman–Crippen MR) is 9.19 cm³/mol. The summed E-state index contributed by atoms with van der Waals surface area (Å²) in [5.41, 5.74) is 0. The van der Waals surface area contributed by atoms with Crippen LogP contribution < -0.4 is 0 Å². The van der Waals surface area contributed by atoms with E-state index in [9.17, 15) is 0 Å². The Morgan fingerprint density at radius 2 is 0.333 bits per heavy atom. The molecule has 0 aromatic rings. The van der Waals surface area contributed by atoms with Gasteiger partial charge < -0.3 is 27.4 Å². The fourth-order valence-electron chi connectivity index (χ4n) is 0. The van der Waals surface area contributed by atoms with Gasteiger partial charge in [-0.1, -0.05) is 0 Å². The molecule has 0 aliphatic rings. The van der Waals surface area contributed by atoms with E-state index in [0.717, 1.165) is 0 Å². The van der Waals surface area contributed by atoms with E-state index in [-0.39, 0.29) is 51.8 Å². The maximum Gasteiger partial charge on any atom is 5.00 e. The van der Waals surface area contributed by atoms with Gasteiger partial charge in [-0.15, -0.1) is 0 Å². The van der Waals surface area contributed by atoms with Crippen LogP contribution in [0.2, 0.25) is 0 Å². The van der Waals surface area contributed by atoms with Gasteiger partial charge in [-0.25, -0.2) is 0 Å². The van der Waals surface area contributed by atoms with Gasteiger partial charge in [0.2, 0.25) is 0 Å². The van der Waals surface area contributed by atoms with E-state index >= 15 is 0 Å². The fourth-order valence-corrected chi connectivity index (χ4v) is 0. The Bertz CT molecular complexity index is 3.90. The van der Waals surface area contributed by atoms with Crippen LogP contribution in [0.25, 0.3) is 0 Å². The van der Waals surface area contributed by atoms with Crippen molar-refractivity contribution in [1.82, 2.24) is 0 Å². The minimum absolute atomic E-state index is 0. The van der Waals surface area contributed by atoms with E-state index < -0.39 is 0 Å². The zero-order valence-corrected chi connectivity index (χ0v) is 5.04. The van der Waals surface area contributed by atoms with Gasteiger partial charge in [-0.3, -0.25) is 0 Å². The van der Waals surface area contributed by atoms with Crippen LogP contribution in [0.5, 0.6) is 0 Å². The van der Waals surface area contributed by atoms with E-state index in [0.29, 0.717) is 0 Å². The molecule has 6 heavy (non-hydrogen) atoms. The van der Waals surface area contributed by atoms with Crippen molar-refractivity contribution >= 4 is 24.4 Å². The van der Waals surface area contributed by atoms with E-state index in [1.165, 1.54) is 0 Å². The van der Waals surface area contributed by atoms with E-state index in [2.05, 4.69) is 0 Å². The Labute approximate surface area is 52.3 Å². The molecule has 0 spiro atoms. The minimum atomic E-state index is 0. The second-order valence-corrected chi connectivity index (χ2v) is 0. The first kappa shape index (κ1) is 547.